The van der Waals surface area contributed by atoms with Crippen molar-refractivity contribution in [2.24, 2.45) is 17.8 Å². The fraction of sp³-hybridized carbons (Fsp3) is 0.625. The van der Waals surface area contributed by atoms with Crippen molar-refractivity contribution in [2.75, 3.05) is 32.7 Å². The van der Waals surface area contributed by atoms with Gasteiger partial charge in [0.15, 0.2) is 6.04 Å². The highest BCUT2D eigenvalue weighted by molar-refractivity contribution is 6.03. The summed E-state index contributed by atoms with van der Waals surface area (Å²) in [5.74, 6) is -0.158. The van der Waals surface area contributed by atoms with Crippen LogP contribution in [0.1, 0.15) is 59.2 Å². The largest absolute Gasteiger partial charge is 0.481 e. The Balaban J connectivity index is 1.46. The number of carboxylic acid groups (broad SMARTS) is 1. The Labute approximate surface area is 183 Å². The molecule has 31 heavy (non-hydrogen) atoms. The van der Waals surface area contributed by atoms with E-state index in [1.807, 2.05) is 0 Å². The molecule has 5 aliphatic heterocycles. The quantitative estimate of drug-likeness (QED) is 0.722. The molecular formula is C24H32N3O4+. The third-order valence-corrected chi connectivity index (χ3v) is 8.33. The summed E-state index contributed by atoms with van der Waals surface area (Å²) < 4.78 is -0.00489. The number of carbonyl (C=O) groups is 3. The highest BCUT2D eigenvalue weighted by Crippen LogP contribution is 2.41. The zero-order chi connectivity index (χ0) is 21.6. The Hall–Kier alpha value is -2.09. The summed E-state index contributed by atoms with van der Waals surface area (Å²) in [7, 11) is 0. The average molecular weight is 427 g/mol. The molecule has 0 aromatic heterocycles. The number of hydrogen-bond acceptors (Lipinski definition) is 5. The Bertz CT molecular complexity index is 871. The SMILES string of the molecule is O=C(O)C1CC[N+]2(N3CCC(C4CCNCC4)CC3)C(=O)c3ccc(cc3)C(=O)C2C1. The van der Waals surface area contributed by atoms with E-state index in [0.29, 0.717) is 30.0 Å². The number of aliphatic carboxylic acids is 1. The maximum absolute atomic E-state index is 13.9. The maximum atomic E-state index is 13.9. The molecule has 1 aromatic rings. The highest BCUT2D eigenvalue weighted by atomic mass is 16.4. The van der Waals surface area contributed by atoms with Gasteiger partial charge in [0.25, 0.3) is 0 Å². The van der Waals surface area contributed by atoms with Crippen molar-refractivity contribution in [3.05, 3.63) is 35.4 Å². The second-order valence-electron chi connectivity index (χ2n) is 9.75. The molecule has 3 saturated heterocycles. The smallest absolute Gasteiger partial charge is 0.365 e. The van der Waals surface area contributed by atoms with E-state index in [1.165, 1.54) is 12.8 Å². The van der Waals surface area contributed by atoms with Crippen LogP contribution < -0.4 is 5.32 Å². The third kappa shape index (κ3) is 3.43. The summed E-state index contributed by atoms with van der Waals surface area (Å²) in [6, 6.07) is 6.32. The molecule has 7 heteroatoms. The van der Waals surface area contributed by atoms with E-state index in [9.17, 15) is 19.5 Å². The molecule has 1 amide bonds. The molecule has 6 rings (SSSR count). The third-order valence-electron chi connectivity index (χ3n) is 8.33. The Morgan fingerprint density at radius 2 is 1.55 bits per heavy atom. The first-order valence-electron chi connectivity index (χ1n) is 11.8. The number of rotatable bonds is 3. The summed E-state index contributed by atoms with van der Waals surface area (Å²) in [6.45, 7) is 4.15. The van der Waals surface area contributed by atoms with Gasteiger partial charge in [0.1, 0.15) is 6.54 Å². The van der Waals surface area contributed by atoms with Crippen LogP contribution >= 0.6 is 0 Å². The number of piperidine rings is 3. The zero-order valence-corrected chi connectivity index (χ0v) is 18.0. The monoisotopic (exact) mass is 426 g/mol. The van der Waals surface area contributed by atoms with Gasteiger partial charge in [-0.15, -0.1) is 5.01 Å². The van der Waals surface area contributed by atoms with E-state index < -0.39 is 17.9 Å². The number of hydrogen-bond donors (Lipinski definition) is 2. The van der Waals surface area contributed by atoms with Gasteiger partial charge in [-0.3, -0.25) is 9.59 Å². The summed E-state index contributed by atoms with van der Waals surface area (Å²) in [4.78, 5) is 39.2. The van der Waals surface area contributed by atoms with Crippen LogP contribution in [0.4, 0.5) is 0 Å². The molecule has 0 saturated carbocycles. The lowest BCUT2D eigenvalue weighted by atomic mass is 9.79. The summed E-state index contributed by atoms with van der Waals surface area (Å²) >= 11 is 0. The molecule has 3 unspecified atom stereocenters. The molecule has 5 aliphatic rings. The Morgan fingerprint density at radius 3 is 2.19 bits per heavy atom. The Kier molecular flexibility index (Phi) is 5.44. The van der Waals surface area contributed by atoms with Crippen molar-refractivity contribution in [3.63, 3.8) is 0 Å². The van der Waals surface area contributed by atoms with Gasteiger partial charge in [-0.1, -0.05) is 12.1 Å². The fourth-order valence-electron chi connectivity index (χ4n) is 6.53. The molecule has 5 heterocycles. The Morgan fingerprint density at radius 1 is 0.935 bits per heavy atom. The van der Waals surface area contributed by atoms with Crippen molar-refractivity contribution >= 4 is 17.7 Å². The van der Waals surface area contributed by atoms with E-state index in [0.717, 1.165) is 44.9 Å². The lowest BCUT2D eigenvalue weighted by Gasteiger charge is -2.53. The van der Waals surface area contributed by atoms with Gasteiger partial charge in [-0.05, 0) is 62.7 Å². The molecule has 3 fully saturated rings. The van der Waals surface area contributed by atoms with E-state index in [4.69, 9.17) is 0 Å². The zero-order valence-electron chi connectivity index (χ0n) is 18.0. The number of fused-ring (bicyclic) bond motifs is 2. The molecule has 0 spiro atoms. The van der Waals surface area contributed by atoms with Crippen LogP contribution in [0, 0.1) is 17.8 Å². The average Bonchev–Trinajstić information content (AvgIpc) is 2.83. The first kappa shape index (κ1) is 20.8. The van der Waals surface area contributed by atoms with Crippen molar-refractivity contribution in [3.8, 4) is 0 Å². The van der Waals surface area contributed by atoms with Crippen LogP contribution in [0.5, 0.6) is 0 Å². The minimum Gasteiger partial charge on any atom is -0.481 e. The number of carbonyl (C=O) groups excluding carboxylic acids is 2. The van der Waals surface area contributed by atoms with Gasteiger partial charge >= 0.3 is 11.9 Å². The number of ketones is 1. The van der Waals surface area contributed by atoms with Gasteiger partial charge in [0, 0.05) is 31.5 Å². The second kappa shape index (κ2) is 8.11. The number of nitrogens with zero attached hydrogens (tertiary/aromatic N) is 2. The van der Waals surface area contributed by atoms with Gasteiger partial charge in [-0.2, -0.15) is 4.59 Å². The molecule has 1 aromatic carbocycles. The van der Waals surface area contributed by atoms with Crippen molar-refractivity contribution in [1.29, 1.82) is 0 Å². The van der Waals surface area contributed by atoms with Crippen LogP contribution in [-0.2, 0) is 4.79 Å². The lowest BCUT2D eigenvalue weighted by molar-refractivity contribution is -0.984. The first-order valence-corrected chi connectivity index (χ1v) is 11.8. The second-order valence-corrected chi connectivity index (χ2v) is 9.75. The molecular weight excluding hydrogens is 394 g/mol. The van der Waals surface area contributed by atoms with Crippen molar-refractivity contribution in [2.45, 2.75) is 44.6 Å². The van der Waals surface area contributed by atoms with E-state index in [2.05, 4.69) is 10.3 Å². The number of amides is 1. The summed E-state index contributed by atoms with van der Waals surface area (Å²) in [5.41, 5.74) is 1.20. The normalized spacial score (nSPS) is 33.0. The van der Waals surface area contributed by atoms with Crippen molar-refractivity contribution < 1.29 is 24.1 Å². The van der Waals surface area contributed by atoms with Gasteiger partial charge in [0.2, 0.25) is 5.78 Å². The summed E-state index contributed by atoms with van der Waals surface area (Å²) in [5, 5.41) is 15.3. The number of Topliss-reactive ketones (excluding diaryl/α,β-unsaturated/α-hetero) is 1. The number of nitrogens with one attached hydrogen (secondary N) is 1. The van der Waals surface area contributed by atoms with Gasteiger partial charge in [-0.25, -0.2) is 4.79 Å². The van der Waals surface area contributed by atoms with Gasteiger partial charge < -0.3 is 10.4 Å². The molecule has 3 atom stereocenters. The van der Waals surface area contributed by atoms with Crippen LogP contribution in [0.15, 0.2) is 24.3 Å². The minimum absolute atomic E-state index is 0.00489. The predicted octanol–water partition coefficient (Wildman–Crippen LogP) is 2.33. The van der Waals surface area contributed by atoms with Crippen LogP contribution in [0.2, 0.25) is 0 Å². The van der Waals surface area contributed by atoms with E-state index in [-0.39, 0.29) is 22.7 Å². The summed E-state index contributed by atoms with van der Waals surface area (Å²) in [6.07, 6.45) is 5.17. The number of carboxylic acids is 1. The number of benzene rings is 1. The molecule has 166 valence electrons. The molecule has 2 bridgehead atoms. The van der Waals surface area contributed by atoms with Crippen LogP contribution in [-0.4, -0.2) is 71.1 Å². The fourth-order valence-corrected chi connectivity index (χ4v) is 6.53. The lowest BCUT2D eigenvalue weighted by Crippen LogP contribution is -2.74. The van der Waals surface area contributed by atoms with E-state index >= 15 is 0 Å². The predicted molar refractivity (Wildman–Crippen MR) is 114 cm³/mol. The first-order chi connectivity index (χ1) is 15.0. The molecule has 0 radical (unpaired) electrons. The van der Waals surface area contributed by atoms with E-state index in [1.54, 1.807) is 24.3 Å². The van der Waals surface area contributed by atoms with Crippen LogP contribution in [0.3, 0.4) is 0 Å². The van der Waals surface area contributed by atoms with Crippen molar-refractivity contribution in [1.82, 2.24) is 10.3 Å². The maximum Gasteiger partial charge on any atom is 0.365 e. The van der Waals surface area contributed by atoms with Crippen LogP contribution in [0.25, 0.3) is 0 Å². The molecule has 2 N–H and O–H groups in total. The molecule has 7 nitrogen and oxygen atoms in total. The minimum atomic E-state index is -0.862. The number of quaternary nitrogens is 1. The highest BCUT2D eigenvalue weighted by Gasteiger charge is 2.58. The molecule has 0 aliphatic carbocycles. The van der Waals surface area contributed by atoms with Gasteiger partial charge in [0.05, 0.1) is 11.5 Å². The topological polar surface area (TPSA) is 86.7 Å². The standard InChI is InChI=1S/C24H31N3O4/c28-22-18-1-3-19(4-2-18)23(29)27(14-9-20(24(30)31)15-21(22)27)26-12-7-17(8-13-26)16-5-10-25-11-6-16/h1-4,16-17,20-21,25H,5-15H2/p+1.